The van der Waals surface area contributed by atoms with E-state index >= 15 is 0 Å². The standard InChI is InChI=1S/C14H18F2N2/c15-12-8-4-7-11(14(12)16)13(18-17)9-10-5-2-1-3-6-10/h4-5,7-8,13,18H,1-3,6,9,17H2. The van der Waals surface area contributed by atoms with Gasteiger partial charge < -0.3 is 0 Å². The van der Waals surface area contributed by atoms with Crippen LogP contribution in [-0.2, 0) is 0 Å². The molecule has 4 heteroatoms. The summed E-state index contributed by atoms with van der Waals surface area (Å²) >= 11 is 0. The Labute approximate surface area is 106 Å². The zero-order valence-electron chi connectivity index (χ0n) is 10.3. The lowest BCUT2D eigenvalue weighted by Crippen LogP contribution is -2.29. The van der Waals surface area contributed by atoms with Crippen molar-refractivity contribution < 1.29 is 8.78 Å². The Morgan fingerprint density at radius 3 is 2.78 bits per heavy atom. The third-order valence-corrected chi connectivity index (χ3v) is 3.41. The lowest BCUT2D eigenvalue weighted by molar-refractivity contribution is 0.459. The molecule has 1 aromatic carbocycles. The maximum atomic E-state index is 13.7. The van der Waals surface area contributed by atoms with Gasteiger partial charge in [-0.15, -0.1) is 0 Å². The molecule has 2 nitrogen and oxygen atoms in total. The van der Waals surface area contributed by atoms with Crippen LogP contribution in [0.5, 0.6) is 0 Å². The van der Waals surface area contributed by atoms with Crippen LogP contribution in [0.3, 0.4) is 0 Å². The average molecular weight is 252 g/mol. The summed E-state index contributed by atoms with van der Waals surface area (Å²) in [5.41, 5.74) is 4.15. The molecule has 0 aromatic heterocycles. The number of hydrazine groups is 1. The molecule has 98 valence electrons. The zero-order valence-corrected chi connectivity index (χ0v) is 10.3. The summed E-state index contributed by atoms with van der Waals surface area (Å²) in [5, 5.41) is 0. The van der Waals surface area contributed by atoms with E-state index in [1.807, 2.05) is 0 Å². The van der Waals surface area contributed by atoms with Crippen molar-refractivity contribution >= 4 is 0 Å². The topological polar surface area (TPSA) is 38.0 Å². The number of benzene rings is 1. The highest BCUT2D eigenvalue weighted by molar-refractivity contribution is 5.24. The highest BCUT2D eigenvalue weighted by atomic mass is 19.2. The third-order valence-electron chi connectivity index (χ3n) is 3.41. The summed E-state index contributed by atoms with van der Waals surface area (Å²) in [5.74, 6) is 3.84. The van der Waals surface area contributed by atoms with Gasteiger partial charge in [-0.3, -0.25) is 11.3 Å². The van der Waals surface area contributed by atoms with E-state index in [4.69, 9.17) is 5.84 Å². The molecule has 0 amide bonds. The second-order valence-electron chi connectivity index (χ2n) is 4.67. The Balaban J connectivity index is 2.17. The minimum Gasteiger partial charge on any atom is -0.271 e. The van der Waals surface area contributed by atoms with E-state index in [9.17, 15) is 8.78 Å². The SMILES string of the molecule is NNC(CC1=CCCCC1)c1cccc(F)c1F. The lowest BCUT2D eigenvalue weighted by Gasteiger charge is -2.21. The fourth-order valence-corrected chi connectivity index (χ4v) is 2.40. The van der Waals surface area contributed by atoms with Gasteiger partial charge in [0, 0.05) is 5.56 Å². The maximum absolute atomic E-state index is 13.7. The van der Waals surface area contributed by atoms with Gasteiger partial charge in [0.25, 0.3) is 0 Å². The molecule has 0 heterocycles. The Morgan fingerprint density at radius 2 is 2.11 bits per heavy atom. The lowest BCUT2D eigenvalue weighted by atomic mass is 9.91. The largest absolute Gasteiger partial charge is 0.271 e. The van der Waals surface area contributed by atoms with Gasteiger partial charge in [-0.2, -0.15) is 0 Å². The van der Waals surface area contributed by atoms with Crippen molar-refractivity contribution in [3.63, 3.8) is 0 Å². The van der Waals surface area contributed by atoms with E-state index in [-0.39, 0.29) is 6.04 Å². The molecule has 1 atom stereocenters. The molecule has 2 rings (SSSR count). The molecule has 1 aliphatic carbocycles. The Hall–Kier alpha value is -1.26. The van der Waals surface area contributed by atoms with Gasteiger partial charge in [0.1, 0.15) is 0 Å². The van der Waals surface area contributed by atoms with Crippen LogP contribution < -0.4 is 11.3 Å². The number of hydrogen-bond donors (Lipinski definition) is 2. The number of hydrogen-bond acceptors (Lipinski definition) is 2. The molecular formula is C14H18F2N2. The average Bonchev–Trinajstić information content (AvgIpc) is 2.41. The number of allylic oxidation sites excluding steroid dienone is 1. The van der Waals surface area contributed by atoms with Crippen LogP contribution in [0.15, 0.2) is 29.8 Å². The van der Waals surface area contributed by atoms with Gasteiger partial charge in [0.05, 0.1) is 6.04 Å². The molecule has 3 N–H and O–H groups in total. The molecule has 1 unspecified atom stereocenters. The molecule has 0 aliphatic heterocycles. The molecule has 18 heavy (non-hydrogen) atoms. The fourth-order valence-electron chi connectivity index (χ4n) is 2.40. The molecule has 0 saturated heterocycles. The van der Waals surface area contributed by atoms with E-state index in [2.05, 4.69) is 11.5 Å². The van der Waals surface area contributed by atoms with Crippen molar-refractivity contribution in [1.82, 2.24) is 5.43 Å². The highest BCUT2D eigenvalue weighted by Gasteiger charge is 2.19. The summed E-state index contributed by atoms with van der Waals surface area (Å²) in [7, 11) is 0. The summed E-state index contributed by atoms with van der Waals surface area (Å²) in [6.45, 7) is 0. The van der Waals surface area contributed by atoms with Gasteiger partial charge in [0.2, 0.25) is 0 Å². The third kappa shape index (κ3) is 2.94. The summed E-state index contributed by atoms with van der Waals surface area (Å²) < 4.78 is 26.9. The first-order chi connectivity index (χ1) is 8.72. The molecule has 0 radical (unpaired) electrons. The van der Waals surface area contributed by atoms with Crippen LogP contribution >= 0.6 is 0 Å². The first kappa shape index (κ1) is 13.2. The Bertz CT molecular complexity index is 443. The predicted octanol–water partition coefficient (Wildman–Crippen LogP) is 3.36. The first-order valence-corrected chi connectivity index (χ1v) is 6.30. The van der Waals surface area contributed by atoms with Crippen LogP contribution in [0.4, 0.5) is 8.78 Å². The predicted molar refractivity (Wildman–Crippen MR) is 67.6 cm³/mol. The second kappa shape index (κ2) is 6.07. The second-order valence-corrected chi connectivity index (χ2v) is 4.67. The van der Waals surface area contributed by atoms with E-state index in [1.165, 1.54) is 18.1 Å². The number of nitrogens with two attached hydrogens (primary N) is 1. The minimum atomic E-state index is -0.828. The normalized spacial score (nSPS) is 17.4. The van der Waals surface area contributed by atoms with Crippen molar-refractivity contribution in [1.29, 1.82) is 0 Å². The van der Waals surface area contributed by atoms with Crippen molar-refractivity contribution in [3.05, 3.63) is 47.0 Å². The van der Waals surface area contributed by atoms with Crippen LogP contribution in [0.2, 0.25) is 0 Å². The van der Waals surface area contributed by atoms with E-state index < -0.39 is 11.6 Å². The number of halogens is 2. The molecular weight excluding hydrogens is 234 g/mol. The fraction of sp³-hybridized carbons (Fsp3) is 0.429. The van der Waals surface area contributed by atoms with Crippen LogP contribution in [0.25, 0.3) is 0 Å². The van der Waals surface area contributed by atoms with Gasteiger partial charge >= 0.3 is 0 Å². The quantitative estimate of drug-likeness (QED) is 0.490. The minimum absolute atomic E-state index is 0.295. The Morgan fingerprint density at radius 1 is 1.28 bits per heavy atom. The van der Waals surface area contributed by atoms with Gasteiger partial charge in [-0.1, -0.05) is 23.8 Å². The molecule has 0 spiro atoms. The molecule has 0 saturated carbocycles. The van der Waals surface area contributed by atoms with Crippen LogP contribution in [0.1, 0.15) is 43.7 Å². The summed E-state index contributed by atoms with van der Waals surface area (Å²) in [6, 6.07) is 3.83. The van der Waals surface area contributed by atoms with Crippen molar-refractivity contribution in [2.75, 3.05) is 0 Å². The van der Waals surface area contributed by atoms with Crippen molar-refractivity contribution in [2.24, 2.45) is 5.84 Å². The van der Waals surface area contributed by atoms with Gasteiger partial charge in [-0.25, -0.2) is 8.78 Å². The van der Waals surface area contributed by atoms with E-state index in [1.54, 1.807) is 6.07 Å². The monoisotopic (exact) mass is 252 g/mol. The van der Waals surface area contributed by atoms with Gasteiger partial charge in [0.15, 0.2) is 11.6 Å². The summed E-state index contributed by atoms with van der Waals surface area (Å²) in [4.78, 5) is 0. The molecule has 0 bridgehead atoms. The van der Waals surface area contributed by atoms with Crippen LogP contribution in [0, 0.1) is 11.6 Å². The van der Waals surface area contributed by atoms with Gasteiger partial charge in [-0.05, 0) is 38.2 Å². The van der Waals surface area contributed by atoms with E-state index in [0.29, 0.717) is 12.0 Å². The first-order valence-electron chi connectivity index (χ1n) is 6.30. The van der Waals surface area contributed by atoms with Crippen molar-refractivity contribution in [3.8, 4) is 0 Å². The maximum Gasteiger partial charge on any atom is 0.163 e. The molecule has 0 fully saturated rings. The van der Waals surface area contributed by atoms with E-state index in [0.717, 1.165) is 25.3 Å². The highest BCUT2D eigenvalue weighted by Crippen LogP contribution is 2.29. The summed E-state index contributed by atoms with van der Waals surface area (Å²) in [6.07, 6.45) is 7.28. The smallest absolute Gasteiger partial charge is 0.163 e. The molecule has 1 aliphatic rings. The number of rotatable bonds is 4. The zero-order chi connectivity index (χ0) is 13.0. The van der Waals surface area contributed by atoms with Crippen LogP contribution in [-0.4, -0.2) is 0 Å². The van der Waals surface area contributed by atoms with Crippen molar-refractivity contribution in [2.45, 2.75) is 38.1 Å². The molecule has 1 aromatic rings. The number of nitrogens with one attached hydrogen (secondary N) is 1. The Kier molecular flexibility index (Phi) is 4.44.